The van der Waals surface area contributed by atoms with E-state index in [0.29, 0.717) is 11.6 Å². The number of rotatable bonds is 4. The number of anilines is 1. The fraction of sp³-hybridized carbons (Fsp3) is 0.462. The molecule has 0 aliphatic heterocycles. The van der Waals surface area contributed by atoms with E-state index in [0.717, 1.165) is 21.8 Å². The van der Waals surface area contributed by atoms with E-state index in [1.54, 1.807) is 12.1 Å². The molecule has 1 fully saturated rings. The number of nitro groups is 1. The summed E-state index contributed by atoms with van der Waals surface area (Å²) in [5, 5.41) is 15.3. The van der Waals surface area contributed by atoms with E-state index >= 15 is 0 Å². The first-order valence-electron chi connectivity index (χ1n) is 6.43. The zero-order chi connectivity index (χ0) is 13.4. The van der Waals surface area contributed by atoms with Gasteiger partial charge in [-0.25, -0.2) is 4.98 Å². The highest BCUT2D eigenvalue weighted by molar-refractivity contribution is 7.18. The van der Waals surface area contributed by atoms with E-state index < -0.39 is 0 Å². The SMILES string of the molecule is Cc1nc2cc(NCC3CCC3)c([N+](=O)[O-])cc2s1. The Hall–Kier alpha value is -1.69. The standard InChI is InChI=1S/C13H15N3O2S/c1-8-15-11-5-10(14-7-9-3-2-4-9)12(16(17)18)6-13(11)19-8/h5-6,9,14H,2-4,7H2,1H3. The van der Waals surface area contributed by atoms with Crippen molar-refractivity contribution in [3.05, 3.63) is 27.3 Å². The van der Waals surface area contributed by atoms with Gasteiger partial charge in [0.05, 0.1) is 20.1 Å². The fourth-order valence-corrected chi connectivity index (χ4v) is 3.16. The Kier molecular flexibility index (Phi) is 3.10. The summed E-state index contributed by atoms with van der Waals surface area (Å²) < 4.78 is 0.874. The molecule has 0 amide bonds. The van der Waals surface area contributed by atoms with Gasteiger partial charge in [0.1, 0.15) is 5.69 Å². The minimum atomic E-state index is -0.322. The van der Waals surface area contributed by atoms with Gasteiger partial charge in [0.25, 0.3) is 5.69 Å². The Balaban J connectivity index is 1.93. The van der Waals surface area contributed by atoms with Crippen molar-refractivity contribution < 1.29 is 4.92 Å². The van der Waals surface area contributed by atoms with E-state index in [9.17, 15) is 10.1 Å². The second-order valence-corrected chi connectivity index (χ2v) is 6.24. The van der Waals surface area contributed by atoms with Crippen molar-refractivity contribution in [1.29, 1.82) is 0 Å². The number of nitrogens with zero attached hydrogens (tertiary/aromatic N) is 2. The molecule has 0 saturated heterocycles. The summed E-state index contributed by atoms with van der Waals surface area (Å²) in [5.74, 6) is 0.660. The van der Waals surface area contributed by atoms with Crippen molar-refractivity contribution in [2.45, 2.75) is 26.2 Å². The molecule has 1 aromatic heterocycles. The third kappa shape index (κ3) is 2.40. The highest BCUT2D eigenvalue weighted by Gasteiger charge is 2.21. The van der Waals surface area contributed by atoms with Gasteiger partial charge in [-0.1, -0.05) is 6.42 Å². The molecule has 1 heterocycles. The number of aryl methyl sites for hydroxylation is 1. The summed E-state index contributed by atoms with van der Waals surface area (Å²) in [7, 11) is 0. The summed E-state index contributed by atoms with van der Waals surface area (Å²) in [5.41, 5.74) is 1.58. The topological polar surface area (TPSA) is 68.1 Å². The van der Waals surface area contributed by atoms with E-state index in [2.05, 4.69) is 10.3 Å². The van der Waals surface area contributed by atoms with Crippen LogP contribution >= 0.6 is 11.3 Å². The highest BCUT2D eigenvalue weighted by Crippen LogP contribution is 2.34. The van der Waals surface area contributed by atoms with E-state index in [1.165, 1.54) is 30.6 Å². The van der Waals surface area contributed by atoms with Gasteiger partial charge >= 0.3 is 0 Å². The first kappa shape index (κ1) is 12.3. The maximum absolute atomic E-state index is 11.2. The van der Waals surface area contributed by atoms with Crippen molar-refractivity contribution in [2.24, 2.45) is 5.92 Å². The normalized spacial score (nSPS) is 15.4. The average molecular weight is 277 g/mol. The largest absolute Gasteiger partial charge is 0.379 e. The van der Waals surface area contributed by atoms with Gasteiger partial charge in [-0.3, -0.25) is 10.1 Å². The number of nitrogens with one attached hydrogen (secondary N) is 1. The van der Waals surface area contributed by atoms with Crippen molar-refractivity contribution in [3.8, 4) is 0 Å². The molecule has 1 aromatic carbocycles. The third-order valence-corrected chi connectivity index (χ3v) is 4.55. The first-order chi connectivity index (χ1) is 9.13. The van der Waals surface area contributed by atoms with Crippen LogP contribution in [0.2, 0.25) is 0 Å². The van der Waals surface area contributed by atoms with Crippen LogP contribution in [-0.4, -0.2) is 16.5 Å². The van der Waals surface area contributed by atoms with Gasteiger partial charge in [0.15, 0.2) is 0 Å². The Labute approximate surface area is 114 Å². The van der Waals surface area contributed by atoms with Crippen LogP contribution in [0.1, 0.15) is 24.3 Å². The molecule has 0 spiro atoms. The molecule has 19 heavy (non-hydrogen) atoms. The predicted octanol–water partition coefficient (Wildman–Crippen LogP) is 3.72. The molecule has 1 aliphatic rings. The molecule has 3 rings (SSSR count). The Morgan fingerprint density at radius 3 is 2.95 bits per heavy atom. The molecular weight excluding hydrogens is 262 g/mol. The summed E-state index contributed by atoms with van der Waals surface area (Å²) in [4.78, 5) is 15.2. The predicted molar refractivity (Wildman–Crippen MR) is 76.8 cm³/mol. The fourth-order valence-electron chi connectivity index (χ4n) is 2.32. The molecule has 1 N–H and O–H groups in total. The molecule has 0 atom stereocenters. The molecule has 0 radical (unpaired) electrons. The minimum absolute atomic E-state index is 0.149. The van der Waals surface area contributed by atoms with E-state index in [1.807, 2.05) is 6.92 Å². The van der Waals surface area contributed by atoms with Crippen LogP contribution in [0.25, 0.3) is 10.2 Å². The van der Waals surface area contributed by atoms with Crippen LogP contribution in [0.5, 0.6) is 0 Å². The molecule has 0 unspecified atom stereocenters. The lowest BCUT2D eigenvalue weighted by molar-refractivity contribution is -0.383. The van der Waals surface area contributed by atoms with Crippen LogP contribution in [0.3, 0.4) is 0 Å². The van der Waals surface area contributed by atoms with Crippen LogP contribution in [0.15, 0.2) is 12.1 Å². The monoisotopic (exact) mass is 277 g/mol. The molecule has 2 aromatic rings. The van der Waals surface area contributed by atoms with Crippen LogP contribution < -0.4 is 5.32 Å². The Morgan fingerprint density at radius 1 is 1.53 bits per heavy atom. The summed E-state index contributed by atoms with van der Waals surface area (Å²) in [6.45, 7) is 2.73. The van der Waals surface area contributed by atoms with Crippen LogP contribution in [-0.2, 0) is 0 Å². The van der Waals surface area contributed by atoms with Crippen molar-refractivity contribution in [3.63, 3.8) is 0 Å². The zero-order valence-electron chi connectivity index (χ0n) is 10.7. The lowest BCUT2D eigenvalue weighted by atomic mass is 9.85. The van der Waals surface area contributed by atoms with Crippen molar-refractivity contribution in [1.82, 2.24) is 4.98 Å². The number of hydrogen-bond donors (Lipinski definition) is 1. The van der Waals surface area contributed by atoms with Gasteiger partial charge < -0.3 is 5.32 Å². The lowest BCUT2D eigenvalue weighted by Gasteiger charge is -2.25. The van der Waals surface area contributed by atoms with Crippen LogP contribution in [0, 0.1) is 23.0 Å². The van der Waals surface area contributed by atoms with Gasteiger partial charge in [-0.15, -0.1) is 11.3 Å². The molecule has 100 valence electrons. The molecular formula is C13H15N3O2S. The average Bonchev–Trinajstić information content (AvgIpc) is 2.64. The van der Waals surface area contributed by atoms with Gasteiger partial charge in [0.2, 0.25) is 0 Å². The first-order valence-corrected chi connectivity index (χ1v) is 7.24. The number of aromatic nitrogens is 1. The Bertz CT molecular complexity index is 634. The van der Waals surface area contributed by atoms with Crippen LogP contribution in [0.4, 0.5) is 11.4 Å². The minimum Gasteiger partial charge on any atom is -0.379 e. The second-order valence-electron chi connectivity index (χ2n) is 5.00. The van der Waals surface area contributed by atoms with Gasteiger partial charge in [0, 0.05) is 12.6 Å². The molecule has 1 aliphatic carbocycles. The molecule has 5 nitrogen and oxygen atoms in total. The smallest absolute Gasteiger partial charge is 0.293 e. The molecule has 1 saturated carbocycles. The highest BCUT2D eigenvalue weighted by atomic mass is 32.1. The van der Waals surface area contributed by atoms with Gasteiger partial charge in [-0.2, -0.15) is 0 Å². The van der Waals surface area contributed by atoms with Crippen molar-refractivity contribution >= 4 is 32.9 Å². The summed E-state index contributed by atoms with van der Waals surface area (Å²) >= 11 is 1.49. The third-order valence-electron chi connectivity index (χ3n) is 3.62. The Morgan fingerprint density at radius 2 is 2.32 bits per heavy atom. The number of fused-ring (bicyclic) bond motifs is 1. The maximum atomic E-state index is 11.2. The maximum Gasteiger partial charge on any atom is 0.293 e. The zero-order valence-corrected chi connectivity index (χ0v) is 11.5. The summed E-state index contributed by atoms with van der Waals surface area (Å²) in [6.07, 6.45) is 3.72. The van der Waals surface area contributed by atoms with Gasteiger partial charge in [-0.05, 0) is 31.7 Å². The van der Waals surface area contributed by atoms with E-state index in [4.69, 9.17) is 0 Å². The number of hydrogen-bond acceptors (Lipinski definition) is 5. The number of nitro benzene ring substituents is 1. The lowest BCUT2D eigenvalue weighted by Crippen LogP contribution is -2.21. The molecule has 0 bridgehead atoms. The number of benzene rings is 1. The summed E-state index contributed by atoms with van der Waals surface area (Å²) in [6, 6.07) is 3.43. The number of thiazole rings is 1. The van der Waals surface area contributed by atoms with E-state index in [-0.39, 0.29) is 10.6 Å². The molecule has 6 heteroatoms. The van der Waals surface area contributed by atoms with Crippen molar-refractivity contribution in [2.75, 3.05) is 11.9 Å². The second kappa shape index (κ2) is 4.77. The quantitative estimate of drug-likeness (QED) is 0.683.